The predicted octanol–water partition coefficient (Wildman–Crippen LogP) is 5.78. The van der Waals surface area contributed by atoms with Crippen LogP contribution in [0.2, 0.25) is 0 Å². The SMILES string of the molecule is COC(=O)c1ccc(CN(c2ccc3ncn(Cc4ccc(C(=N)N)c5ccccc45)c3c2)C2CCN(C(C)=N)CC2)cc1. The van der Waals surface area contributed by atoms with E-state index in [4.69, 9.17) is 26.3 Å². The summed E-state index contributed by atoms with van der Waals surface area (Å²) in [5.74, 6) is 0.333. The van der Waals surface area contributed by atoms with Crippen LogP contribution in [0.5, 0.6) is 0 Å². The smallest absolute Gasteiger partial charge is 0.337 e. The maximum Gasteiger partial charge on any atom is 0.337 e. The fourth-order valence-electron chi connectivity index (χ4n) is 6.27. The number of rotatable bonds is 8. The van der Waals surface area contributed by atoms with Crippen LogP contribution in [0.15, 0.2) is 85.2 Å². The molecule has 0 saturated carbocycles. The Labute approximate surface area is 256 Å². The Morgan fingerprint density at radius 2 is 1.73 bits per heavy atom. The number of carbonyl (C=O) groups excluding carboxylic acids is 1. The average Bonchev–Trinajstić information content (AvgIpc) is 3.45. The van der Waals surface area contributed by atoms with E-state index in [2.05, 4.69) is 44.7 Å². The first-order chi connectivity index (χ1) is 21.3. The third kappa shape index (κ3) is 5.73. The molecule has 9 nitrogen and oxygen atoms in total. The molecule has 1 aliphatic rings. The molecule has 0 atom stereocenters. The fourth-order valence-corrected chi connectivity index (χ4v) is 6.27. The van der Waals surface area contributed by atoms with Crippen molar-refractivity contribution >= 4 is 45.1 Å². The first-order valence-electron chi connectivity index (χ1n) is 14.9. The van der Waals surface area contributed by atoms with Crippen molar-refractivity contribution in [3.05, 3.63) is 107 Å². The molecule has 1 saturated heterocycles. The number of imidazole rings is 1. The minimum absolute atomic E-state index is 0.0621. The number of aromatic nitrogens is 2. The third-order valence-electron chi connectivity index (χ3n) is 8.69. The quantitative estimate of drug-likeness (QED) is 0.120. The van der Waals surface area contributed by atoms with Gasteiger partial charge in [0.1, 0.15) is 5.84 Å². The van der Waals surface area contributed by atoms with E-state index in [-0.39, 0.29) is 11.8 Å². The van der Waals surface area contributed by atoms with E-state index in [0.717, 1.165) is 70.1 Å². The molecule has 1 aliphatic heterocycles. The van der Waals surface area contributed by atoms with Crippen molar-refractivity contribution in [1.29, 1.82) is 10.8 Å². The monoisotopic (exact) mass is 587 g/mol. The number of amidine groups is 2. The lowest BCUT2D eigenvalue weighted by atomic mass is 9.99. The van der Waals surface area contributed by atoms with Crippen molar-refractivity contribution in [3.63, 3.8) is 0 Å². The summed E-state index contributed by atoms with van der Waals surface area (Å²) in [7, 11) is 1.39. The molecule has 6 rings (SSSR count). The summed E-state index contributed by atoms with van der Waals surface area (Å²) in [5.41, 5.74) is 12.5. The molecule has 0 spiro atoms. The molecule has 1 aromatic heterocycles. The number of piperidine rings is 1. The van der Waals surface area contributed by atoms with Gasteiger partial charge < -0.3 is 24.8 Å². The third-order valence-corrected chi connectivity index (χ3v) is 8.69. The lowest BCUT2D eigenvalue weighted by molar-refractivity contribution is 0.0600. The van der Waals surface area contributed by atoms with E-state index in [1.165, 1.54) is 7.11 Å². The maximum absolute atomic E-state index is 12.0. The van der Waals surface area contributed by atoms with E-state index in [9.17, 15) is 4.79 Å². The largest absolute Gasteiger partial charge is 0.465 e. The minimum Gasteiger partial charge on any atom is -0.465 e. The molecule has 4 aromatic carbocycles. The molecule has 0 radical (unpaired) electrons. The van der Waals surface area contributed by atoms with E-state index < -0.39 is 0 Å². The lowest BCUT2D eigenvalue weighted by Crippen LogP contribution is -2.46. The summed E-state index contributed by atoms with van der Waals surface area (Å²) >= 11 is 0. The number of nitrogens with one attached hydrogen (secondary N) is 2. The van der Waals surface area contributed by atoms with Crippen molar-refractivity contribution in [2.45, 2.75) is 38.9 Å². The summed E-state index contributed by atoms with van der Waals surface area (Å²) in [4.78, 5) is 21.3. The number of hydrogen-bond acceptors (Lipinski definition) is 6. The van der Waals surface area contributed by atoms with E-state index in [0.29, 0.717) is 30.5 Å². The molecule has 1 fully saturated rings. The van der Waals surface area contributed by atoms with Crippen LogP contribution >= 0.6 is 0 Å². The van der Waals surface area contributed by atoms with Gasteiger partial charge >= 0.3 is 5.97 Å². The summed E-state index contributed by atoms with van der Waals surface area (Å²) in [6, 6.07) is 26.5. The number of nitrogens with two attached hydrogens (primary N) is 1. The van der Waals surface area contributed by atoms with Gasteiger partial charge in [-0.15, -0.1) is 0 Å². The van der Waals surface area contributed by atoms with Gasteiger partial charge in [0.2, 0.25) is 0 Å². The highest BCUT2D eigenvalue weighted by atomic mass is 16.5. The van der Waals surface area contributed by atoms with E-state index >= 15 is 0 Å². The van der Waals surface area contributed by atoms with Crippen LogP contribution in [0.25, 0.3) is 21.8 Å². The molecule has 224 valence electrons. The first-order valence-corrected chi connectivity index (χ1v) is 14.9. The Hall–Kier alpha value is -5.18. The number of ether oxygens (including phenoxy) is 1. The average molecular weight is 588 g/mol. The molecule has 44 heavy (non-hydrogen) atoms. The summed E-state index contributed by atoms with van der Waals surface area (Å²) in [5, 5.41) is 18.2. The van der Waals surface area contributed by atoms with Crippen LogP contribution in [-0.4, -0.2) is 58.3 Å². The van der Waals surface area contributed by atoms with Crippen LogP contribution in [0, 0.1) is 10.8 Å². The Morgan fingerprint density at radius 3 is 2.41 bits per heavy atom. The van der Waals surface area contributed by atoms with Crippen molar-refractivity contribution in [3.8, 4) is 0 Å². The lowest BCUT2D eigenvalue weighted by Gasteiger charge is -2.40. The number of benzene rings is 4. The van der Waals surface area contributed by atoms with Gasteiger partial charge in [-0.2, -0.15) is 0 Å². The van der Waals surface area contributed by atoms with Crippen LogP contribution in [-0.2, 0) is 17.8 Å². The Bertz CT molecular complexity index is 1850. The Balaban J connectivity index is 1.35. The number of anilines is 1. The first kappa shape index (κ1) is 28.9. The van der Waals surface area contributed by atoms with E-state index in [1.54, 1.807) is 0 Å². The summed E-state index contributed by atoms with van der Waals surface area (Å²) < 4.78 is 7.06. The second-order valence-electron chi connectivity index (χ2n) is 11.4. The maximum atomic E-state index is 12.0. The van der Waals surface area contributed by atoms with Crippen LogP contribution in [0.4, 0.5) is 5.69 Å². The zero-order valence-corrected chi connectivity index (χ0v) is 25.1. The number of methoxy groups -OCH3 is 1. The van der Waals surface area contributed by atoms with Crippen molar-refractivity contribution in [1.82, 2.24) is 14.5 Å². The molecule has 0 unspecified atom stereocenters. The van der Waals surface area contributed by atoms with Gasteiger partial charge in [0, 0.05) is 43.5 Å². The van der Waals surface area contributed by atoms with Crippen molar-refractivity contribution < 1.29 is 9.53 Å². The molecule has 0 aliphatic carbocycles. The van der Waals surface area contributed by atoms with Gasteiger partial charge in [-0.25, -0.2) is 9.78 Å². The molecular weight excluding hydrogens is 550 g/mol. The molecule has 5 aromatic rings. The number of hydrogen-bond donors (Lipinski definition) is 3. The second-order valence-corrected chi connectivity index (χ2v) is 11.4. The highest BCUT2D eigenvalue weighted by molar-refractivity contribution is 6.08. The van der Waals surface area contributed by atoms with Crippen LogP contribution in [0.1, 0.15) is 46.8 Å². The minimum atomic E-state index is -0.342. The molecule has 0 amide bonds. The highest BCUT2D eigenvalue weighted by Crippen LogP contribution is 2.30. The Kier molecular flexibility index (Phi) is 8.02. The van der Waals surface area contributed by atoms with Gasteiger partial charge in [0.25, 0.3) is 0 Å². The molecular formula is C35H37N7O2. The van der Waals surface area contributed by atoms with Gasteiger partial charge in [0.15, 0.2) is 0 Å². The standard InChI is InChI=1S/C35H37N7O2/c1-23(36)40-17-15-27(16-18-40)42(20-24-7-9-25(10-8-24)35(43)44-2)28-12-14-32-33(19-28)41(22-39-32)21-26-11-13-31(34(37)38)30-6-4-3-5-29(26)30/h3-14,19,22,27,36H,15-18,20-21H2,1-2H3,(H3,37,38). The van der Waals surface area contributed by atoms with Gasteiger partial charge in [0.05, 0.1) is 35.9 Å². The van der Waals surface area contributed by atoms with Gasteiger partial charge in [-0.1, -0.05) is 48.5 Å². The normalized spacial score (nSPS) is 13.7. The fraction of sp³-hybridized carbons (Fsp3) is 0.257. The van der Waals surface area contributed by atoms with Crippen LogP contribution < -0.4 is 10.6 Å². The number of esters is 1. The van der Waals surface area contributed by atoms with E-state index in [1.807, 2.05) is 61.8 Å². The number of carbonyl (C=O) groups is 1. The number of nitrogen functional groups attached to an aromatic ring is 1. The van der Waals surface area contributed by atoms with Gasteiger partial charge in [-0.3, -0.25) is 10.8 Å². The highest BCUT2D eigenvalue weighted by Gasteiger charge is 2.26. The number of nitrogens with zero attached hydrogens (tertiary/aromatic N) is 4. The summed E-state index contributed by atoms with van der Waals surface area (Å²) in [6.07, 6.45) is 3.79. The second kappa shape index (κ2) is 12.2. The summed E-state index contributed by atoms with van der Waals surface area (Å²) in [6.45, 7) is 4.87. The predicted molar refractivity (Wildman–Crippen MR) is 176 cm³/mol. The van der Waals surface area contributed by atoms with Crippen molar-refractivity contribution in [2.75, 3.05) is 25.1 Å². The number of fused-ring (bicyclic) bond motifs is 2. The molecule has 0 bridgehead atoms. The van der Waals surface area contributed by atoms with Gasteiger partial charge in [-0.05, 0) is 72.0 Å². The molecule has 2 heterocycles. The topological polar surface area (TPSA) is 124 Å². The molecule has 4 N–H and O–H groups in total. The zero-order chi connectivity index (χ0) is 30.8. The Morgan fingerprint density at radius 1 is 1.00 bits per heavy atom. The number of likely N-dealkylation sites (tertiary alicyclic amines) is 1. The van der Waals surface area contributed by atoms with Crippen molar-refractivity contribution in [2.24, 2.45) is 5.73 Å². The zero-order valence-electron chi connectivity index (χ0n) is 25.1. The van der Waals surface area contributed by atoms with Crippen LogP contribution in [0.3, 0.4) is 0 Å². The molecule has 9 heteroatoms.